The van der Waals surface area contributed by atoms with Gasteiger partial charge in [0.05, 0.1) is 17.9 Å². The zero-order valence-electron chi connectivity index (χ0n) is 12.0. The summed E-state index contributed by atoms with van der Waals surface area (Å²) in [6.07, 6.45) is 3.87. The van der Waals surface area contributed by atoms with Gasteiger partial charge in [-0.2, -0.15) is 5.10 Å². The maximum Gasteiger partial charge on any atom is 0.0857 e. The fourth-order valence-electron chi connectivity index (χ4n) is 2.00. The van der Waals surface area contributed by atoms with Crippen LogP contribution in [0.5, 0.6) is 0 Å². The van der Waals surface area contributed by atoms with Crippen LogP contribution in [-0.2, 0) is 11.2 Å². The van der Waals surface area contributed by atoms with E-state index in [0.717, 1.165) is 18.5 Å². The molecule has 2 atom stereocenters. The van der Waals surface area contributed by atoms with Gasteiger partial charge in [-0.3, -0.25) is 4.68 Å². The first-order valence-corrected chi connectivity index (χ1v) is 6.92. The van der Waals surface area contributed by atoms with E-state index in [1.54, 1.807) is 0 Å². The minimum atomic E-state index is -0.472. The van der Waals surface area contributed by atoms with Crippen LogP contribution in [0, 0.1) is 0 Å². The minimum absolute atomic E-state index is 0.0794. The summed E-state index contributed by atoms with van der Waals surface area (Å²) in [5.41, 5.74) is 0.928. The summed E-state index contributed by atoms with van der Waals surface area (Å²) >= 11 is 0. The van der Waals surface area contributed by atoms with Crippen LogP contribution in [0.4, 0.5) is 0 Å². The Bertz CT molecular complexity index is 330. The number of rotatable bonds is 8. The van der Waals surface area contributed by atoms with Crippen molar-refractivity contribution in [2.24, 2.45) is 0 Å². The summed E-state index contributed by atoms with van der Waals surface area (Å²) in [4.78, 5) is 0. The van der Waals surface area contributed by atoms with Crippen LogP contribution in [0.2, 0.25) is 0 Å². The Kier molecular flexibility index (Phi) is 6.36. The normalized spacial score (nSPS) is 15.0. The van der Waals surface area contributed by atoms with E-state index in [2.05, 4.69) is 25.9 Å². The van der Waals surface area contributed by atoms with Crippen LogP contribution in [0.15, 0.2) is 12.3 Å². The molecule has 1 aromatic rings. The lowest BCUT2D eigenvalue weighted by Crippen LogP contribution is -2.31. The Hall–Kier alpha value is -0.870. The van der Waals surface area contributed by atoms with Crippen molar-refractivity contribution >= 4 is 0 Å². The van der Waals surface area contributed by atoms with E-state index < -0.39 is 6.10 Å². The van der Waals surface area contributed by atoms with Crippen molar-refractivity contribution in [3.63, 3.8) is 0 Å². The molecule has 1 heterocycles. The molecule has 4 nitrogen and oxygen atoms in total. The van der Waals surface area contributed by atoms with Crippen LogP contribution in [0.25, 0.3) is 0 Å². The van der Waals surface area contributed by atoms with E-state index in [9.17, 15) is 5.11 Å². The summed E-state index contributed by atoms with van der Waals surface area (Å²) in [6, 6.07) is 2.33. The van der Waals surface area contributed by atoms with Gasteiger partial charge < -0.3 is 9.84 Å². The van der Waals surface area contributed by atoms with E-state index in [-0.39, 0.29) is 6.10 Å². The van der Waals surface area contributed by atoms with Gasteiger partial charge in [0, 0.05) is 25.3 Å². The third-order valence-electron chi connectivity index (χ3n) is 2.99. The van der Waals surface area contributed by atoms with E-state index >= 15 is 0 Å². The van der Waals surface area contributed by atoms with Gasteiger partial charge in [0.25, 0.3) is 0 Å². The molecule has 0 saturated heterocycles. The molecule has 0 fully saturated rings. The molecule has 0 aliphatic rings. The Labute approximate surface area is 110 Å². The number of nitrogens with zero attached hydrogens (tertiary/aromatic N) is 2. The maximum atomic E-state index is 10.2. The fraction of sp³-hybridized carbons (Fsp3) is 0.786. The van der Waals surface area contributed by atoms with Crippen LogP contribution in [0.1, 0.15) is 52.3 Å². The average Bonchev–Trinajstić information content (AvgIpc) is 2.77. The van der Waals surface area contributed by atoms with Gasteiger partial charge in [-0.1, -0.05) is 13.3 Å². The van der Waals surface area contributed by atoms with Gasteiger partial charge in [0.2, 0.25) is 0 Å². The van der Waals surface area contributed by atoms with Gasteiger partial charge >= 0.3 is 0 Å². The first-order chi connectivity index (χ1) is 8.58. The Morgan fingerprint density at radius 2 is 2.11 bits per heavy atom. The second-order valence-electron chi connectivity index (χ2n) is 4.93. The van der Waals surface area contributed by atoms with Gasteiger partial charge in [-0.05, 0) is 33.3 Å². The monoisotopic (exact) mass is 254 g/mol. The largest absolute Gasteiger partial charge is 0.390 e. The Morgan fingerprint density at radius 3 is 2.61 bits per heavy atom. The smallest absolute Gasteiger partial charge is 0.0857 e. The molecule has 0 spiro atoms. The van der Waals surface area contributed by atoms with E-state index in [1.807, 2.05) is 23.9 Å². The summed E-state index contributed by atoms with van der Waals surface area (Å²) in [7, 11) is 0. The fourth-order valence-corrected chi connectivity index (χ4v) is 2.00. The molecule has 0 aliphatic carbocycles. The third-order valence-corrected chi connectivity index (χ3v) is 2.99. The number of hydrogen-bond acceptors (Lipinski definition) is 3. The van der Waals surface area contributed by atoms with Gasteiger partial charge in [-0.15, -0.1) is 0 Å². The Balaban J connectivity index is 2.57. The molecular weight excluding hydrogens is 228 g/mol. The molecule has 0 saturated carbocycles. The number of hydrogen-bond donors (Lipinski definition) is 1. The quantitative estimate of drug-likeness (QED) is 0.775. The molecule has 1 N–H and O–H groups in total. The SMILES string of the molecule is CCCC(OCC)C(O)Cc1ccn(C(C)C)n1. The van der Waals surface area contributed by atoms with Crippen LogP contribution >= 0.6 is 0 Å². The minimum Gasteiger partial charge on any atom is -0.390 e. The standard InChI is InChI=1S/C14H26N2O2/c1-5-7-14(18-6-2)13(17)10-12-8-9-16(15-12)11(3)4/h8-9,11,13-14,17H,5-7,10H2,1-4H3. The zero-order valence-corrected chi connectivity index (χ0v) is 12.0. The number of aliphatic hydroxyl groups is 1. The predicted octanol–water partition coefficient (Wildman–Crippen LogP) is 2.57. The molecule has 0 aromatic carbocycles. The molecule has 1 aromatic heterocycles. The third kappa shape index (κ3) is 4.42. The van der Waals surface area contributed by atoms with Crippen LogP contribution in [-0.4, -0.2) is 33.7 Å². The second-order valence-corrected chi connectivity index (χ2v) is 4.93. The molecule has 0 radical (unpaired) electrons. The lowest BCUT2D eigenvalue weighted by Gasteiger charge is -2.21. The van der Waals surface area contributed by atoms with Crippen molar-refractivity contribution in [1.82, 2.24) is 9.78 Å². The summed E-state index contributed by atoms with van der Waals surface area (Å²) in [6.45, 7) is 8.89. The van der Waals surface area contributed by atoms with Gasteiger partial charge in [-0.25, -0.2) is 0 Å². The highest BCUT2D eigenvalue weighted by Crippen LogP contribution is 2.13. The predicted molar refractivity (Wildman–Crippen MR) is 72.6 cm³/mol. The van der Waals surface area contributed by atoms with Crippen molar-refractivity contribution in [2.75, 3.05) is 6.61 Å². The molecule has 0 bridgehead atoms. The van der Waals surface area contributed by atoms with Crippen molar-refractivity contribution in [1.29, 1.82) is 0 Å². The molecule has 4 heteroatoms. The van der Waals surface area contributed by atoms with Gasteiger partial charge in [0.1, 0.15) is 0 Å². The van der Waals surface area contributed by atoms with E-state index in [1.165, 1.54) is 0 Å². The lowest BCUT2D eigenvalue weighted by atomic mass is 10.0. The molecule has 0 aliphatic heterocycles. The average molecular weight is 254 g/mol. The number of ether oxygens (including phenoxy) is 1. The first kappa shape index (κ1) is 15.2. The molecule has 1 rings (SSSR count). The Morgan fingerprint density at radius 1 is 1.39 bits per heavy atom. The molecular formula is C14H26N2O2. The summed E-state index contributed by atoms with van der Waals surface area (Å²) < 4.78 is 7.50. The zero-order chi connectivity index (χ0) is 13.5. The van der Waals surface area contributed by atoms with E-state index in [4.69, 9.17) is 4.74 Å². The van der Waals surface area contributed by atoms with Crippen molar-refractivity contribution < 1.29 is 9.84 Å². The summed E-state index contributed by atoms with van der Waals surface area (Å²) in [5.74, 6) is 0. The number of aliphatic hydroxyl groups excluding tert-OH is 1. The second kappa shape index (κ2) is 7.54. The highest BCUT2D eigenvalue weighted by atomic mass is 16.5. The highest BCUT2D eigenvalue weighted by molar-refractivity contribution is 5.02. The highest BCUT2D eigenvalue weighted by Gasteiger charge is 2.20. The van der Waals surface area contributed by atoms with Gasteiger partial charge in [0.15, 0.2) is 0 Å². The lowest BCUT2D eigenvalue weighted by molar-refractivity contribution is -0.0367. The van der Waals surface area contributed by atoms with Crippen molar-refractivity contribution in [3.8, 4) is 0 Å². The van der Waals surface area contributed by atoms with Crippen LogP contribution < -0.4 is 0 Å². The summed E-state index contributed by atoms with van der Waals surface area (Å²) in [5, 5.41) is 14.7. The molecule has 104 valence electrons. The van der Waals surface area contributed by atoms with E-state index in [0.29, 0.717) is 19.1 Å². The molecule has 2 unspecified atom stereocenters. The van der Waals surface area contributed by atoms with Crippen molar-refractivity contribution in [2.45, 2.75) is 65.2 Å². The molecule has 18 heavy (non-hydrogen) atoms. The first-order valence-electron chi connectivity index (χ1n) is 6.92. The topological polar surface area (TPSA) is 47.3 Å². The maximum absolute atomic E-state index is 10.2. The number of aromatic nitrogens is 2. The van der Waals surface area contributed by atoms with Crippen molar-refractivity contribution in [3.05, 3.63) is 18.0 Å². The molecule has 0 amide bonds. The van der Waals surface area contributed by atoms with Crippen LogP contribution in [0.3, 0.4) is 0 Å².